The Kier molecular flexibility index (Phi) is 39.3. The van der Waals surface area contributed by atoms with Crippen LogP contribution in [0, 0.1) is 0 Å². The lowest BCUT2D eigenvalue weighted by Gasteiger charge is -2.32. The van der Waals surface area contributed by atoms with Crippen molar-refractivity contribution in [2.75, 3.05) is 41.1 Å². The highest BCUT2D eigenvalue weighted by Crippen LogP contribution is 2.32. The lowest BCUT2D eigenvalue weighted by atomic mass is 9.82. The second kappa shape index (κ2) is 40.8. The molecule has 1 heterocycles. The highest BCUT2D eigenvalue weighted by Gasteiger charge is 2.54. The zero-order valence-corrected chi connectivity index (χ0v) is 40.7. The van der Waals surface area contributed by atoms with Crippen molar-refractivity contribution in [3.8, 4) is 0 Å². The van der Waals surface area contributed by atoms with Gasteiger partial charge in [-0.1, -0.05) is 194 Å². The number of rotatable bonds is 46. The number of thioether (sulfide) groups is 3. The summed E-state index contributed by atoms with van der Waals surface area (Å²) in [5.74, 6) is 4.89. The van der Waals surface area contributed by atoms with Gasteiger partial charge in [0.15, 0.2) is 23.0 Å². The summed E-state index contributed by atoms with van der Waals surface area (Å²) in [7, 11) is 0. The standard InChI is InChI=1S/C49H93NO5S3/c1-4-7-10-13-16-19-22-25-28-31-37-56-40-34-44(51)47(53)49(48(54)45(52)35-41-57-38-32-29-26-23-20-17-14-11-8-5-2)43-55-46(50-49)36-42-58-39-33-30-27-24-21-18-15-12-9-6-3/h47-48,53-54H,4-43H2,1-3H3. The van der Waals surface area contributed by atoms with Gasteiger partial charge >= 0.3 is 0 Å². The van der Waals surface area contributed by atoms with Gasteiger partial charge in [0, 0.05) is 36.5 Å². The Morgan fingerprint density at radius 3 is 1.10 bits per heavy atom. The third-order valence-corrected chi connectivity index (χ3v) is 14.9. The molecule has 0 radical (unpaired) electrons. The minimum absolute atomic E-state index is 0.136. The van der Waals surface area contributed by atoms with Crippen molar-refractivity contribution >= 4 is 52.7 Å². The molecule has 9 heteroatoms. The second-order valence-electron chi connectivity index (χ2n) is 17.2. The molecule has 0 aliphatic carbocycles. The van der Waals surface area contributed by atoms with Gasteiger partial charge in [0.1, 0.15) is 18.8 Å². The van der Waals surface area contributed by atoms with Crippen molar-refractivity contribution in [1.82, 2.24) is 0 Å². The highest BCUT2D eigenvalue weighted by molar-refractivity contribution is 7.99. The average molecular weight is 872 g/mol. The maximum atomic E-state index is 13.4. The molecule has 342 valence electrons. The zero-order chi connectivity index (χ0) is 42.2. The molecule has 2 unspecified atom stereocenters. The monoisotopic (exact) mass is 872 g/mol. The first kappa shape index (κ1) is 55.8. The van der Waals surface area contributed by atoms with Gasteiger partial charge in [-0.15, -0.1) is 0 Å². The van der Waals surface area contributed by atoms with Crippen molar-refractivity contribution < 1.29 is 24.5 Å². The smallest absolute Gasteiger partial charge is 0.185 e. The Labute approximate surface area is 372 Å². The molecule has 0 saturated heterocycles. The summed E-state index contributed by atoms with van der Waals surface area (Å²) in [5, 5.41) is 23.0. The number of hydrogen-bond acceptors (Lipinski definition) is 9. The van der Waals surface area contributed by atoms with E-state index in [1.807, 2.05) is 11.8 Å². The van der Waals surface area contributed by atoms with Crippen LogP contribution in [0.25, 0.3) is 0 Å². The number of nitrogens with zero attached hydrogens (tertiary/aromatic N) is 1. The Bertz CT molecular complexity index is 934. The molecule has 0 aromatic rings. The molecule has 0 saturated carbocycles. The van der Waals surface area contributed by atoms with Gasteiger partial charge in [0.25, 0.3) is 0 Å². The zero-order valence-electron chi connectivity index (χ0n) is 38.2. The average Bonchev–Trinajstić information content (AvgIpc) is 3.67. The van der Waals surface area contributed by atoms with Gasteiger partial charge in [-0.25, -0.2) is 4.99 Å². The number of carbonyl (C=O) groups is 2. The van der Waals surface area contributed by atoms with E-state index in [1.54, 1.807) is 23.5 Å². The molecule has 1 rings (SSSR count). The van der Waals surface area contributed by atoms with Crippen LogP contribution in [0.2, 0.25) is 0 Å². The fourth-order valence-electron chi connectivity index (χ4n) is 7.77. The lowest BCUT2D eigenvalue weighted by molar-refractivity contribution is -0.141. The van der Waals surface area contributed by atoms with Crippen LogP contribution in [0.5, 0.6) is 0 Å². The first-order valence-corrected chi connectivity index (χ1v) is 28.3. The lowest BCUT2D eigenvalue weighted by Crippen LogP contribution is -2.58. The van der Waals surface area contributed by atoms with Crippen LogP contribution in [-0.2, 0) is 14.3 Å². The Morgan fingerprint density at radius 2 is 0.776 bits per heavy atom. The molecule has 0 aromatic carbocycles. The molecule has 0 bridgehead atoms. The topological polar surface area (TPSA) is 96.2 Å². The van der Waals surface area contributed by atoms with Crippen LogP contribution in [0.4, 0.5) is 0 Å². The number of ketones is 2. The van der Waals surface area contributed by atoms with Crippen molar-refractivity contribution in [2.24, 2.45) is 4.99 Å². The number of carbonyl (C=O) groups excluding carboxylic acids is 2. The quantitative estimate of drug-likeness (QED) is 0.0584. The van der Waals surface area contributed by atoms with Crippen molar-refractivity contribution in [3.05, 3.63) is 0 Å². The van der Waals surface area contributed by atoms with E-state index >= 15 is 0 Å². The number of ether oxygens (including phenoxy) is 1. The van der Waals surface area contributed by atoms with Gasteiger partial charge in [-0.2, -0.15) is 35.3 Å². The molecular formula is C49H93NO5S3. The van der Waals surface area contributed by atoms with Crippen molar-refractivity contribution in [3.63, 3.8) is 0 Å². The van der Waals surface area contributed by atoms with Gasteiger partial charge in [0.2, 0.25) is 0 Å². The van der Waals surface area contributed by atoms with Gasteiger partial charge in [0.05, 0.1) is 0 Å². The summed E-state index contributed by atoms with van der Waals surface area (Å²) in [6.45, 7) is 6.65. The molecule has 0 aromatic heterocycles. The summed E-state index contributed by atoms with van der Waals surface area (Å²) in [4.78, 5) is 31.6. The maximum absolute atomic E-state index is 13.4. The molecule has 1 aliphatic heterocycles. The first-order valence-electron chi connectivity index (χ1n) is 24.8. The van der Waals surface area contributed by atoms with E-state index in [0.29, 0.717) is 23.8 Å². The second-order valence-corrected chi connectivity index (χ2v) is 20.8. The van der Waals surface area contributed by atoms with Gasteiger partial charge in [-0.3, -0.25) is 9.59 Å². The third kappa shape index (κ3) is 29.1. The predicted octanol–water partition coefficient (Wildman–Crippen LogP) is 14.1. The predicted molar refractivity (Wildman–Crippen MR) is 260 cm³/mol. The first-order chi connectivity index (χ1) is 28.4. The van der Waals surface area contributed by atoms with E-state index in [1.165, 1.54) is 180 Å². The minimum atomic E-state index is -1.66. The Hall–Kier alpha value is -0.220. The summed E-state index contributed by atoms with van der Waals surface area (Å²) in [5.41, 5.74) is -1.66. The van der Waals surface area contributed by atoms with Crippen LogP contribution in [-0.4, -0.2) is 86.5 Å². The van der Waals surface area contributed by atoms with E-state index in [4.69, 9.17) is 9.73 Å². The molecule has 1 aliphatic rings. The normalized spacial score (nSPS) is 16.4. The molecule has 2 N–H and O–H groups in total. The number of hydrogen-bond donors (Lipinski definition) is 2. The van der Waals surface area contributed by atoms with Gasteiger partial charge < -0.3 is 14.9 Å². The van der Waals surface area contributed by atoms with Crippen LogP contribution in [0.1, 0.15) is 233 Å². The molecule has 0 spiro atoms. The SMILES string of the molecule is CCCCCCCCCCCCSCCC(=O)C(O)C1(C(O)C(=O)CCSCCCCCCCCCCCC)COC(CCSCCCCCCCCCCCC)=N1. The number of aliphatic imine (C=N–C) groups is 1. The number of aliphatic hydroxyl groups is 2. The van der Waals surface area contributed by atoms with Crippen LogP contribution in [0.15, 0.2) is 4.99 Å². The fraction of sp³-hybridized carbons (Fsp3) is 0.939. The third-order valence-electron chi connectivity index (χ3n) is 11.7. The van der Waals surface area contributed by atoms with Crippen molar-refractivity contribution in [1.29, 1.82) is 0 Å². The maximum Gasteiger partial charge on any atom is 0.185 e. The molecule has 58 heavy (non-hydrogen) atoms. The highest BCUT2D eigenvalue weighted by atomic mass is 32.2. The number of aliphatic hydroxyl groups excluding tert-OH is 2. The van der Waals surface area contributed by atoms with Crippen LogP contribution in [0.3, 0.4) is 0 Å². The Balaban J connectivity index is 2.52. The molecule has 6 nitrogen and oxygen atoms in total. The van der Waals surface area contributed by atoms with Crippen LogP contribution < -0.4 is 0 Å². The summed E-state index contributed by atoms with van der Waals surface area (Å²) < 4.78 is 5.96. The molecule has 2 atom stereocenters. The van der Waals surface area contributed by atoms with E-state index < -0.39 is 17.7 Å². The Morgan fingerprint density at radius 1 is 0.483 bits per heavy atom. The minimum Gasteiger partial charge on any atom is -0.478 e. The summed E-state index contributed by atoms with van der Waals surface area (Å²) >= 11 is 5.38. The molecule has 0 amide bonds. The molecular weight excluding hydrogens is 779 g/mol. The van der Waals surface area contributed by atoms with E-state index in [2.05, 4.69) is 20.8 Å². The van der Waals surface area contributed by atoms with Crippen molar-refractivity contribution in [2.45, 2.75) is 250 Å². The van der Waals surface area contributed by atoms with E-state index in [9.17, 15) is 19.8 Å². The van der Waals surface area contributed by atoms with E-state index in [-0.39, 0.29) is 31.0 Å². The van der Waals surface area contributed by atoms with Gasteiger partial charge in [-0.05, 0) is 36.5 Å². The largest absolute Gasteiger partial charge is 0.478 e. The molecule has 0 fully saturated rings. The van der Waals surface area contributed by atoms with Crippen LogP contribution >= 0.6 is 35.3 Å². The number of Topliss-reactive ketones (excluding diaryl/α,β-unsaturated/α-hetero) is 2. The fourth-order valence-corrected chi connectivity index (χ4v) is 10.6. The van der Waals surface area contributed by atoms with E-state index in [0.717, 1.165) is 35.9 Å². The summed E-state index contributed by atoms with van der Waals surface area (Å²) in [6.07, 6.45) is 37.1. The number of unbranched alkanes of at least 4 members (excludes halogenated alkanes) is 27. The summed E-state index contributed by atoms with van der Waals surface area (Å²) in [6, 6.07) is 0.